The minimum atomic E-state index is -0.491. The van der Waals surface area contributed by atoms with Gasteiger partial charge in [-0.3, -0.25) is 9.89 Å². The Morgan fingerprint density at radius 3 is 2.68 bits per heavy atom. The molecule has 2 aliphatic rings. The first-order valence-corrected chi connectivity index (χ1v) is 9.35. The highest BCUT2D eigenvalue weighted by molar-refractivity contribution is 5.92. The molecule has 7 heteroatoms. The minimum Gasteiger partial charge on any atom is -0.438 e. The van der Waals surface area contributed by atoms with Gasteiger partial charge in [-0.05, 0) is 23.8 Å². The van der Waals surface area contributed by atoms with Gasteiger partial charge in [0.05, 0.1) is 37.7 Å². The van der Waals surface area contributed by atoms with Crippen molar-refractivity contribution in [3.05, 3.63) is 59.9 Å². The van der Waals surface area contributed by atoms with Gasteiger partial charge in [-0.25, -0.2) is 9.18 Å². The molecule has 2 aromatic rings. The van der Waals surface area contributed by atoms with Crippen LogP contribution in [-0.4, -0.2) is 51.3 Å². The van der Waals surface area contributed by atoms with E-state index < -0.39 is 12.2 Å². The Bertz CT molecular complexity index is 853. The van der Waals surface area contributed by atoms with Crippen LogP contribution in [0.15, 0.2) is 53.5 Å². The SMILES string of the molecule is O=C1O[C@H](C=NCc2ccccc2)CN1c1ccc(N2CCOCC2)c(F)c1. The number of carbonyl (C=O) groups is 1. The number of benzene rings is 2. The largest absolute Gasteiger partial charge is 0.438 e. The molecular weight excluding hydrogens is 361 g/mol. The molecular formula is C21H22FN3O3. The van der Waals surface area contributed by atoms with Crippen LogP contribution in [-0.2, 0) is 16.0 Å². The molecule has 1 amide bonds. The van der Waals surface area contributed by atoms with E-state index in [1.165, 1.54) is 11.0 Å². The Labute approximate surface area is 163 Å². The minimum absolute atomic E-state index is 0.313. The summed E-state index contributed by atoms with van der Waals surface area (Å²) in [4.78, 5) is 20.0. The summed E-state index contributed by atoms with van der Waals surface area (Å²) in [6.45, 7) is 3.32. The van der Waals surface area contributed by atoms with Gasteiger partial charge in [0, 0.05) is 19.3 Å². The van der Waals surface area contributed by atoms with E-state index in [2.05, 4.69) is 4.99 Å². The van der Waals surface area contributed by atoms with Gasteiger partial charge in [-0.2, -0.15) is 0 Å². The van der Waals surface area contributed by atoms with Crippen LogP contribution in [0.2, 0.25) is 0 Å². The van der Waals surface area contributed by atoms with Crippen molar-refractivity contribution >= 4 is 23.7 Å². The number of cyclic esters (lactones) is 1. The van der Waals surface area contributed by atoms with Gasteiger partial charge in [0.2, 0.25) is 0 Å². The van der Waals surface area contributed by atoms with Gasteiger partial charge < -0.3 is 14.4 Å². The van der Waals surface area contributed by atoms with Crippen molar-refractivity contribution < 1.29 is 18.7 Å². The van der Waals surface area contributed by atoms with Crippen molar-refractivity contribution in [1.82, 2.24) is 0 Å². The van der Waals surface area contributed by atoms with E-state index in [0.717, 1.165) is 5.56 Å². The van der Waals surface area contributed by atoms with Gasteiger partial charge in [-0.15, -0.1) is 0 Å². The molecule has 0 radical (unpaired) electrons. The number of nitrogens with zero attached hydrogens (tertiary/aromatic N) is 3. The highest BCUT2D eigenvalue weighted by Crippen LogP contribution is 2.28. The highest BCUT2D eigenvalue weighted by Gasteiger charge is 2.32. The van der Waals surface area contributed by atoms with Crippen LogP contribution < -0.4 is 9.80 Å². The van der Waals surface area contributed by atoms with Gasteiger partial charge in [-0.1, -0.05) is 30.3 Å². The average molecular weight is 383 g/mol. The summed E-state index contributed by atoms with van der Waals surface area (Å²) in [5, 5.41) is 0. The number of aliphatic imine (C=N–C) groups is 1. The Morgan fingerprint density at radius 2 is 1.93 bits per heavy atom. The van der Waals surface area contributed by atoms with Gasteiger partial charge in [0.15, 0.2) is 6.10 Å². The first-order chi connectivity index (χ1) is 13.7. The first-order valence-electron chi connectivity index (χ1n) is 9.35. The van der Waals surface area contributed by atoms with E-state index in [1.54, 1.807) is 18.3 Å². The Kier molecular flexibility index (Phi) is 5.53. The van der Waals surface area contributed by atoms with E-state index in [1.807, 2.05) is 35.2 Å². The van der Waals surface area contributed by atoms with Crippen LogP contribution in [0, 0.1) is 5.82 Å². The van der Waals surface area contributed by atoms with E-state index in [4.69, 9.17) is 9.47 Å². The fraction of sp³-hybridized carbons (Fsp3) is 0.333. The zero-order valence-electron chi connectivity index (χ0n) is 15.5. The third kappa shape index (κ3) is 4.14. The van der Waals surface area contributed by atoms with Crippen LogP contribution >= 0.6 is 0 Å². The average Bonchev–Trinajstić information content (AvgIpc) is 3.10. The van der Waals surface area contributed by atoms with Crippen LogP contribution in [0.5, 0.6) is 0 Å². The van der Waals surface area contributed by atoms with Crippen molar-refractivity contribution in [2.75, 3.05) is 42.6 Å². The third-order valence-electron chi connectivity index (χ3n) is 4.82. The predicted molar refractivity (Wildman–Crippen MR) is 106 cm³/mol. The lowest BCUT2D eigenvalue weighted by Gasteiger charge is -2.29. The summed E-state index contributed by atoms with van der Waals surface area (Å²) in [7, 11) is 0. The van der Waals surface area contributed by atoms with E-state index >= 15 is 0 Å². The lowest BCUT2D eigenvalue weighted by Crippen LogP contribution is -2.36. The first kappa shape index (κ1) is 18.4. The molecule has 4 rings (SSSR count). The Balaban J connectivity index is 1.40. The zero-order valence-corrected chi connectivity index (χ0v) is 15.5. The third-order valence-corrected chi connectivity index (χ3v) is 4.82. The number of hydrogen-bond donors (Lipinski definition) is 0. The topological polar surface area (TPSA) is 54.4 Å². The molecule has 0 aliphatic carbocycles. The number of ether oxygens (including phenoxy) is 2. The highest BCUT2D eigenvalue weighted by atomic mass is 19.1. The smallest absolute Gasteiger partial charge is 0.415 e. The van der Waals surface area contributed by atoms with Crippen LogP contribution in [0.25, 0.3) is 0 Å². The number of morpholine rings is 1. The van der Waals surface area contributed by atoms with Crippen LogP contribution in [0.4, 0.5) is 20.6 Å². The standard InChI is InChI=1S/C21H22FN3O3/c22-19-12-17(6-7-20(19)24-8-10-27-11-9-24)25-15-18(28-21(25)26)14-23-13-16-4-2-1-3-5-16/h1-7,12,14,18H,8-11,13,15H2/t18-/m1/s1. The van der Waals surface area contributed by atoms with Gasteiger partial charge in [0.25, 0.3) is 0 Å². The molecule has 28 heavy (non-hydrogen) atoms. The van der Waals surface area contributed by atoms with Crippen LogP contribution in [0.1, 0.15) is 5.56 Å². The maximum atomic E-state index is 14.6. The van der Waals surface area contributed by atoms with E-state index in [0.29, 0.717) is 50.8 Å². The molecule has 2 heterocycles. The lowest BCUT2D eigenvalue weighted by molar-refractivity contribution is 0.122. The van der Waals surface area contributed by atoms with Crippen LogP contribution in [0.3, 0.4) is 0 Å². The molecule has 0 saturated carbocycles. The summed E-state index contributed by atoms with van der Waals surface area (Å²) in [5.74, 6) is -0.353. The fourth-order valence-corrected chi connectivity index (χ4v) is 3.36. The normalized spacial score (nSPS) is 20.0. The number of halogens is 1. The molecule has 2 aliphatic heterocycles. The van der Waals surface area contributed by atoms with Crippen molar-refractivity contribution in [1.29, 1.82) is 0 Å². The second-order valence-corrected chi connectivity index (χ2v) is 6.74. The van der Waals surface area contributed by atoms with Gasteiger partial charge in [0.1, 0.15) is 5.82 Å². The maximum Gasteiger partial charge on any atom is 0.415 e. The molecule has 1 atom stereocenters. The summed E-state index contributed by atoms with van der Waals surface area (Å²) < 4.78 is 25.3. The number of amides is 1. The zero-order chi connectivity index (χ0) is 19.3. The number of rotatable bonds is 5. The van der Waals surface area contributed by atoms with Crippen molar-refractivity contribution in [2.45, 2.75) is 12.6 Å². The summed E-state index contributed by atoms with van der Waals surface area (Å²) in [6.07, 6.45) is 0.705. The summed E-state index contributed by atoms with van der Waals surface area (Å²) in [6, 6.07) is 14.7. The van der Waals surface area contributed by atoms with Gasteiger partial charge >= 0.3 is 6.09 Å². The second kappa shape index (κ2) is 8.39. The van der Waals surface area contributed by atoms with Crippen molar-refractivity contribution in [3.63, 3.8) is 0 Å². The molecule has 0 spiro atoms. The second-order valence-electron chi connectivity index (χ2n) is 6.74. The molecule has 2 fully saturated rings. The molecule has 2 saturated heterocycles. The van der Waals surface area contributed by atoms with Crippen molar-refractivity contribution in [2.24, 2.45) is 4.99 Å². The van der Waals surface area contributed by atoms with E-state index in [-0.39, 0.29) is 5.82 Å². The molecule has 6 nitrogen and oxygen atoms in total. The quantitative estimate of drug-likeness (QED) is 0.744. The lowest BCUT2D eigenvalue weighted by atomic mass is 10.2. The number of carbonyl (C=O) groups excluding carboxylic acids is 1. The molecule has 0 N–H and O–H groups in total. The van der Waals surface area contributed by atoms with Crippen molar-refractivity contribution in [3.8, 4) is 0 Å². The molecule has 0 bridgehead atoms. The van der Waals surface area contributed by atoms with E-state index in [9.17, 15) is 9.18 Å². The molecule has 146 valence electrons. The number of hydrogen-bond acceptors (Lipinski definition) is 5. The Morgan fingerprint density at radius 1 is 1.14 bits per heavy atom. The fourth-order valence-electron chi connectivity index (χ4n) is 3.36. The summed E-state index contributed by atoms with van der Waals surface area (Å²) >= 11 is 0. The number of anilines is 2. The maximum absolute atomic E-state index is 14.6. The molecule has 0 unspecified atom stereocenters. The molecule has 2 aromatic carbocycles. The Hall–Kier alpha value is -2.93. The summed E-state index contributed by atoms with van der Waals surface area (Å²) in [5.41, 5.74) is 2.10. The predicted octanol–water partition coefficient (Wildman–Crippen LogP) is 3.26. The monoisotopic (exact) mass is 383 g/mol. The molecule has 0 aromatic heterocycles.